The fourth-order valence-corrected chi connectivity index (χ4v) is 2.79. The normalized spacial score (nSPS) is 10.1. The summed E-state index contributed by atoms with van der Waals surface area (Å²) in [5, 5.41) is 9.18. The molecule has 24 heavy (non-hydrogen) atoms. The quantitative estimate of drug-likeness (QED) is 0.805. The molecule has 2 rings (SSSR count). The highest BCUT2D eigenvalue weighted by atomic mass is 79.9. The van der Waals surface area contributed by atoms with Gasteiger partial charge in [0.25, 0.3) is 0 Å². The first-order valence-electron chi connectivity index (χ1n) is 6.73. The maximum atomic E-state index is 12.1. The second-order valence-electron chi connectivity index (χ2n) is 4.87. The Bertz CT molecular complexity index is 880. The second-order valence-corrected chi connectivity index (χ2v) is 5.78. The predicted octanol–water partition coefficient (Wildman–Crippen LogP) is 2.58. The van der Waals surface area contributed by atoms with Gasteiger partial charge in [0.1, 0.15) is 6.07 Å². The molecule has 0 bridgehead atoms. The molecule has 0 aliphatic carbocycles. The number of esters is 2. The smallest absolute Gasteiger partial charge is 0.357 e. The van der Waals surface area contributed by atoms with Crippen LogP contribution in [0.3, 0.4) is 0 Å². The van der Waals surface area contributed by atoms with Crippen molar-refractivity contribution in [2.75, 3.05) is 20.0 Å². The highest BCUT2D eigenvalue weighted by Crippen LogP contribution is 2.30. The van der Waals surface area contributed by atoms with Gasteiger partial charge in [0, 0.05) is 10.7 Å². The molecular weight excluding hydrogens is 378 g/mol. The number of carbonyl (C=O) groups excluding carboxylic acids is 2. The minimum absolute atomic E-state index is 0.0170. The Morgan fingerprint density at radius 3 is 2.42 bits per heavy atom. The Morgan fingerprint density at radius 2 is 1.88 bits per heavy atom. The van der Waals surface area contributed by atoms with E-state index in [0.29, 0.717) is 21.3 Å². The number of nitrogens with two attached hydrogens (primary N) is 1. The topological polar surface area (TPSA) is 107 Å². The van der Waals surface area contributed by atoms with E-state index in [2.05, 4.69) is 15.9 Å². The summed E-state index contributed by atoms with van der Waals surface area (Å²) in [6.07, 6.45) is 1.43. The van der Waals surface area contributed by atoms with Gasteiger partial charge in [0.15, 0.2) is 5.69 Å². The van der Waals surface area contributed by atoms with E-state index in [-0.39, 0.29) is 16.9 Å². The number of hydrogen-bond acceptors (Lipinski definition) is 6. The van der Waals surface area contributed by atoms with Crippen LogP contribution in [0.1, 0.15) is 32.0 Å². The fraction of sp³-hybridized carbons (Fsp3) is 0.188. The maximum absolute atomic E-state index is 12.1. The SMILES string of the molecule is COC(=O)c1cc(Br)cc(-n2cc(C#N)c(N)c2C(=O)OC)c1C. The number of methoxy groups -OCH3 is 2. The van der Waals surface area contributed by atoms with Crippen molar-refractivity contribution < 1.29 is 19.1 Å². The molecule has 7 nitrogen and oxygen atoms in total. The van der Waals surface area contributed by atoms with Crippen LogP contribution in [0, 0.1) is 18.3 Å². The number of nitriles is 1. The van der Waals surface area contributed by atoms with E-state index in [9.17, 15) is 14.9 Å². The molecule has 0 radical (unpaired) electrons. The summed E-state index contributed by atoms with van der Waals surface area (Å²) >= 11 is 3.33. The van der Waals surface area contributed by atoms with Crippen LogP contribution in [0.5, 0.6) is 0 Å². The van der Waals surface area contributed by atoms with E-state index in [4.69, 9.17) is 15.2 Å². The zero-order chi connectivity index (χ0) is 18.0. The number of aromatic nitrogens is 1. The number of nitrogen functional groups attached to an aromatic ring is 1. The summed E-state index contributed by atoms with van der Waals surface area (Å²) in [7, 11) is 2.50. The van der Waals surface area contributed by atoms with Gasteiger partial charge in [-0.1, -0.05) is 15.9 Å². The van der Waals surface area contributed by atoms with Gasteiger partial charge in [-0.3, -0.25) is 0 Å². The summed E-state index contributed by atoms with van der Waals surface area (Å²) in [6.45, 7) is 1.71. The minimum Gasteiger partial charge on any atom is -0.465 e. The first kappa shape index (κ1) is 17.6. The molecule has 0 unspecified atom stereocenters. The average molecular weight is 392 g/mol. The van der Waals surface area contributed by atoms with Crippen molar-refractivity contribution in [2.45, 2.75) is 6.92 Å². The Kier molecular flexibility index (Phi) is 4.95. The van der Waals surface area contributed by atoms with Gasteiger partial charge in [-0.2, -0.15) is 5.26 Å². The zero-order valence-electron chi connectivity index (χ0n) is 13.2. The lowest BCUT2D eigenvalue weighted by atomic mass is 10.1. The third-order valence-corrected chi connectivity index (χ3v) is 4.01. The number of ether oxygens (including phenoxy) is 2. The van der Waals surface area contributed by atoms with E-state index in [1.807, 2.05) is 6.07 Å². The lowest BCUT2D eigenvalue weighted by molar-refractivity contribution is 0.0588. The molecule has 0 aliphatic heterocycles. The Balaban J connectivity index is 2.83. The van der Waals surface area contributed by atoms with Crippen LogP contribution in [0.2, 0.25) is 0 Å². The molecule has 1 aromatic carbocycles. The van der Waals surface area contributed by atoms with Crippen LogP contribution in [-0.2, 0) is 9.47 Å². The first-order valence-corrected chi connectivity index (χ1v) is 7.53. The highest BCUT2D eigenvalue weighted by molar-refractivity contribution is 9.10. The molecule has 124 valence electrons. The molecule has 1 aromatic heterocycles. The van der Waals surface area contributed by atoms with Gasteiger partial charge in [-0.25, -0.2) is 9.59 Å². The van der Waals surface area contributed by atoms with Crippen molar-refractivity contribution in [1.82, 2.24) is 4.57 Å². The lowest BCUT2D eigenvalue weighted by Crippen LogP contribution is -2.13. The number of hydrogen-bond donors (Lipinski definition) is 1. The summed E-state index contributed by atoms with van der Waals surface area (Å²) in [5.41, 5.74) is 7.45. The summed E-state index contributed by atoms with van der Waals surface area (Å²) in [5.74, 6) is -1.21. The van der Waals surface area contributed by atoms with Crippen LogP contribution in [-0.4, -0.2) is 30.7 Å². The molecule has 1 heterocycles. The van der Waals surface area contributed by atoms with Crippen molar-refractivity contribution in [2.24, 2.45) is 0 Å². The van der Waals surface area contributed by atoms with Gasteiger partial charge < -0.3 is 19.8 Å². The fourth-order valence-electron chi connectivity index (χ4n) is 2.34. The third-order valence-electron chi connectivity index (χ3n) is 3.55. The van der Waals surface area contributed by atoms with Crippen LogP contribution in [0.25, 0.3) is 5.69 Å². The molecule has 0 saturated carbocycles. The van der Waals surface area contributed by atoms with E-state index >= 15 is 0 Å². The Hall–Kier alpha value is -2.79. The summed E-state index contributed by atoms with van der Waals surface area (Å²) in [4.78, 5) is 24.0. The summed E-state index contributed by atoms with van der Waals surface area (Å²) < 4.78 is 11.6. The van der Waals surface area contributed by atoms with Crippen molar-refractivity contribution in [1.29, 1.82) is 5.26 Å². The molecule has 0 spiro atoms. The Labute approximate surface area is 146 Å². The van der Waals surface area contributed by atoms with E-state index in [1.54, 1.807) is 19.1 Å². The van der Waals surface area contributed by atoms with Crippen molar-refractivity contribution in [3.05, 3.63) is 45.2 Å². The van der Waals surface area contributed by atoms with Crippen LogP contribution in [0.15, 0.2) is 22.8 Å². The number of rotatable bonds is 3. The zero-order valence-corrected chi connectivity index (χ0v) is 14.8. The monoisotopic (exact) mass is 391 g/mol. The highest BCUT2D eigenvalue weighted by Gasteiger charge is 2.24. The van der Waals surface area contributed by atoms with E-state index < -0.39 is 11.9 Å². The third kappa shape index (κ3) is 2.86. The molecule has 0 aliphatic rings. The number of anilines is 1. The first-order chi connectivity index (χ1) is 11.3. The molecule has 0 atom stereocenters. The largest absolute Gasteiger partial charge is 0.465 e. The lowest BCUT2D eigenvalue weighted by Gasteiger charge is -2.14. The van der Waals surface area contributed by atoms with Gasteiger partial charge in [-0.15, -0.1) is 0 Å². The molecule has 0 amide bonds. The Morgan fingerprint density at radius 1 is 1.25 bits per heavy atom. The molecule has 8 heteroatoms. The van der Waals surface area contributed by atoms with Crippen LogP contribution >= 0.6 is 15.9 Å². The minimum atomic E-state index is -0.687. The molecule has 0 saturated heterocycles. The van der Waals surface area contributed by atoms with Gasteiger partial charge in [0.05, 0.1) is 36.7 Å². The maximum Gasteiger partial charge on any atom is 0.357 e. The standard InChI is InChI=1S/C16H14BrN3O4/c1-8-11(15(21)23-2)4-10(17)5-12(8)20-7-9(6-18)13(19)14(20)16(22)24-3/h4-5,7H,19H2,1-3H3. The second kappa shape index (κ2) is 6.76. The van der Waals surface area contributed by atoms with E-state index in [1.165, 1.54) is 25.0 Å². The van der Waals surface area contributed by atoms with Crippen molar-refractivity contribution >= 4 is 33.6 Å². The van der Waals surface area contributed by atoms with Crippen LogP contribution < -0.4 is 5.73 Å². The predicted molar refractivity (Wildman–Crippen MR) is 90.0 cm³/mol. The van der Waals surface area contributed by atoms with Crippen molar-refractivity contribution in [3.8, 4) is 11.8 Å². The van der Waals surface area contributed by atoms with Crippen LogP contribution in [0.4, 0.5) is 5.69 Å². The molecule has 2 aromatic rings. The number of carbonyl (C=O) groups is 2. The van der Waals surface area contributed by atoms with E-state index in [0.717, 1.165) is 0 Å². The molecule has 2 N–H and O–H groups in total. The van der Waals surface area contributed by atoms with Gasteiger partial charge in [-0.05, 0) is 24.6 Å². The molecular formula is C16H14BrN3O4. The van der Waals surface area contributed by atoms with Gasteiger partial charge >= 0.3 is 11.9 Å². The van der Waals surface area contributed by atoms with Gasteiger partial charge in [0.2, 0.25) is 0 Å². The number of benzene rings is 1. The number of halogens is 1. The van der Waals surface area contributed by atoms with Crippen molar-refractivity contribution in [3.63, 3.8) is 0 Å². The summed E-state index contributed by atoms with van der Waals surface area (Å²) in [6, 6.07) is 5.25. The average Bonchev–Trinajstić information content (AvgIpc) is 2.91. The molecule has 0 fully saturated rings. The number of nitrogens with zero attached hydrogens (tertiary/aromatic N) is 2.